The molecule has 0 aliphatic heterocycles. The van der Waals surface area contributed by atoms with Crippen molar-refractivity contribution in [1.82, 2.24) is 5.32 Å². The zero-order valence-corrected chi connectivity index (χ0v) is 11.2. The molecule has 0 radical (unpaired) electrons. The molecule has 0 spiro atoms. The van der Waals surface area contributed by atoms with E-state index in [1.807, 2.05) is 6.92 Å². The molecule has 0 heterocycles. The SMILES string of the molecule is CCCNCC(OS(=O)(=O)O)c1cc(O)cc(O)c1. The van der Waals surface area contributed by atoms with Crippen LogP contribution in [-0.4, -0.2) is 36.3 Å². The quantitative estimate of drug-likeness (QED) is 0.436. The van der Waals surface area contributed by atoms with Crippen LogP contribution in [0.4, 0.5) is 0 Å². The Morgan fingerprint density at radius 1 is 1.26 bits per heavy atom. The van der Waals surface area contributed by atoms with E-state index in [0.717, 1.165) is 12.5 Å². The van der Waals surface area contributed by atoms with Gasteiger partial charge in [-0.2, -0.15) is 8.42 Å². The summed E-state index contributed by atoms with van der Waals surface area (Å²) in [5.74, 6) is -0.455. The van der Waals surface area contributed by atoms with Gasteiger partial charge in [-0.15, -0.1) is 0 Å². The molecule has 1 rings (SSSR count). The van der Waals surface area contributed by atoms with Gasteiger partial charge in [-0.25, -0.2) is 4.18 Å². The molecule has 7 nitrogen and oxygen atoms in total. The Labute approximate surface area is 111 Å². The molecule has 0 fully saturated rings. The molecule has 4 N–H and O–H groups in total. The second-order valence-corrected chi connectivity index (χ2v) is 5.05. The average molecular weight is 291 g/mol. The highest BCUT2D eigenvalue weighted by Crippen LogP contribution is 2.27. The van der Waals surface area contributed by atoms with Crippen molar-refractivity contribution in [3.8, 4) is 11.5 Å². The molecule has 1 aromatic carbocycles. The van der Waals surface area contributed by atoms with Crippen LogP contribution in [0.25, 0.3) is 0 Å². The maximum absolute atomic E-state index is 10.8. The van der Waals surface area contributed by atoms with E-state index in [2.05, 4.69) is 9.50 Å². The minimum Gasteiger partial charge on any atom is -0.508 e. The lowest BCUT2D eigenvalue weighted by Gasteiger charge is -2.17. The molecule has 0 bridgehead atoms. The van der Waals surface area contributed by atoms with Gasteiger partial charge in [-0.1, -0.05) is 6.92 Å². The lowest BCUT2D eigenvalue weighted by molar-refractivity contribution is 0.180. The van der Waals surface area contributed by atoms with Crippen molar-refractivity contribution in [1.29, 1.82) is 0 Å². The Balaban J connectivity index is 2.93. The van der Waals surface area contributed by atoms with E-state index < -0.39 is 16.5 Å². The van der Waals surface area contributed by atoms with Crippen LogP contribution in [-0.2, 0) is 14.6 Å². The monoisotopic (exact) mass is 291 g/mol. The van der Waals surface area contributed by atoms with E-state index in [0.29, 0.717) is 6.54 Å². The second-order valence-electron chi connectivity index (χ2n) is 4.00. The summed E-state index contributed by atoms with van der Waals surface area (Å²) in [6.45, 7) is 2.68. The van der Waals surface area contributed by atoms with Gasteiger partial charge in [0.2, 0.25) is 0 Å². The highest BCUT2D eigenvalue weighted by atomic mass is 32.3. The molecule has 0 aliphatic carbocycles. The van der Waals surface area contributed by atoms with Crippen molar-refractivity contribution >= 4 is 10.4 Å². The van der Waals surface area contributed by atoms with Crippen molar-refractivity contribution in [2.24, 2.45) is 0 Å². The lowest BCUT2D eigenvalue weighted by Crippen LogP contribution is -2.25. The maximum Gasteiger partial charge on any atom is 0.397 e. The summed E-state index contributed by atoms with van der Waals surface area (Å²) in [7, 11) is -4.64. The normalized spacial score (nSPS) is 13.4. The Bertz CT molecular complexity index is 496. The zero-order chi connectivity index (χ0) is 14.5. The van der Waals surface area contributed by atoms with Crippen LogP contribution in [0, 0.1) is 0 Å². The van der Waals surface area contributed by atoms with E-state index >= 15 is 0 Å². The second kappa shape index (κ2) is 6.71. The average Bonchev–Trinajstić information content (AvgIpc) is 2.25. The number of hydrogen-bond acceptors (Lipinski definition) is 6. The summed E-state index contributed by atoms with van der Waals surface area (Å²) in [6, 6.07) is 3.61. The van der Waals surface area contributed by atoms with E-state index in [9.17, 15) is 18.6 Å². The van der Waals surface area contributed by atoms with Crippen LogP contribution >= 0.6 is 0 Å². The molecule has 0 amide bonds. The van der Waals surface area contributed by atoms with Crippen molar-refractivity contribution < 1.29 is 27.4 Å². The van der Waals surface area contributed by atoms with Gasteiger partial charge in [0.25, 0.3) is 0 Å². The first-order chi connectivity index (χ1) is 8.81. The molecular formula is C11H17NO6S. The summed E-state index contributed by atoms with van der Waals surface area (Å²) in [5, 5.41) is 21.7. The number of phenols is 2. The number of aromatic hydroxyl groups is 2. The molecule has 0 aliphatic rings. The van der Waals surface area contributed by atoms with E-state index in [1.165, 1.54) is 12.1 Å². The Morgan fingerprint density at radius 3 is 2.32 bits per heavy atom. The summed E-state index contributed by atoms with van der Waals surface area (Å²) in [4.78, 5) is 0. The minimum absolute atomic E-state index is 0.108. The zero-order valence-electron chi connectivity index (χ0n) is 10.4. The molecule has 1 atom stereocenters. The molecule has 19 heavy (non-hydrogen) atoms. The maximum atomic E-state index is 10.8. The van der Waals surface area contributed by atoms with Crippen LogP contribution in [0.2, 0.25) is 0 Å². The van der Waals surface area contributed by atoms with Crippen LogP contribution in [0.3, 0.4) is 0 Å². The topological polar surface area (TPSA) is 116 Å². The van der Waals surface area contributed by atoms with E-state index in [1.54, 1.807) is 0 Å². The van der Waals surface area contributed by atoms with Gasteiger partial charge in [0.15, 0.2) is 0 Å². The molecule has 8 heteroatoms. The summed E-state index contributed by atoms with van der Waals surface area (Å²) < 4.78 is 34.9. The fraction of sp³-hybridized carbons (Fsp3) is 0.455. The third-order valence-electron chi connectivity index (χ3n) is 2.29. The van der Waals surface area contributed by atoms with Crippen LogP contribution in [0.5, 0.6) is 11.5 Å². The molecule has 0 aromatic heterocycles. The predicted molar refractivity (Wildman–Crippen MR) is 68.3 cm³/mol. The third-order valence-corrected chi connectivity index (χ3v) is 2.77. The Hall–Kier alpha value is -1.35. The fourth-order valence-electron chi connectivity index (χ4n) is 1.57. The van der Waals surface area contributed by atoms with Crippen molar-refractivity contribution in [3.63, 3.8) is 0 Å². The molecular weight excluding hydrogens is 274 g/mol. The molecule has 0 saturated carbocycles. The van der Waals surface area contributed by atoms with E-state index in [4.69, 9.17) is 4.55 Å². The first kappa shape index (κ1) is 15.7. The largest absolute Gasteiger partial charge is 0.508 e. The number of benzene rings is 1. The highest BCUT2D eigenvalue weighted by Gasteiger charge is 2.20. The van der Waals surface area contributed by atoms with Gasteiger partial charge in [-0.3, -0.25) is 4.55 Å². The third kappa shape index (κ3) is 5.88. The van der Waals surface area contributed by atoms with Gasteiger partial charge < -0.3 is 15.5 Å². The summed E-state index contributed by atoms with van der Waals surface area (Å²) in [6.07, 6.45) is -0.205. The van der Waals surface area contributed by atoms with Gasteiger partial charge >= 0.3 is 10.4 Å². The van der Waals surface area contributed by atoms with Crippen molar-refractivity contribution in [3.05, 3.63) is 23.8 Å². The molecule has 1 unspecified atom stereocenters. The smallest absolute Gasteiger partial charge is 0.397 e. The summed E-state index contributed by atoms with van der Waals surface area (Å²) >= 11 is 0. The summed E-state index contributed by atoms with van der Waals surface area (Å²) in [5.41, 5.74) is 0.235. The number of nitrogens with one attached hydrogen (secondary N) is 1. The standard InChI is InChI=1S/C11H17NO6S/c1-2-3-12-7-11(18-19(15,16)17)8-4-9(13)6-10(14)5-8/h4-6,11-14H,2-3,7H2,1H3,(H,15,16,17). The predicted octanol–water partition coefficient (Wildman–Crippen LogP) is 0.958. The number of hydrogen-bond donors (Lipinski definition) is 4. The highest BCUT2D eigenvalue weighted by molar-refractivity contribution is 7.80. The Morgan fingerprint density at radius 2 is 1.84 bits per heavy atom. The van der Waals surface area contributed by atoms with Crippen LogP contribution in [0.1, 0.15) is 25.0 Å². The molecule has 0 saturated heterocycles. The molecule has 1 aromatic rings. The Kier molecular flexibility index (Phi) is 5.55. The first-order valence-electron chi connectivity index (χ1n) is 5.71. The minimum atomic E-state index is -4.64. The van der Waals surface area contributed by atoms with Gasteiger partial charge in [-0.05, 0) is 30.7 Å². The van der Waals surface area contributed by atoms with Crippen molar-refractivity contribution in [2.45, 2.75) is 19.4 Å². The number of rotatable bonds is 7. The van der Waals surface area contributed by atoms with E-state index in [-0.39, 0.29) is 23.6 Å². The van der Waals surface area contributed by atoms with Gasteiger partial charge in [0.05, 0.1) is 0 Å². The van der Waals surface area contributed by atoms with Crippen molar-refractivity contribution in [2.75, 3.05) is 13.1 Å². The molecule has 108 valence electrons. The van der Waals surface area contributed by atoms with Crippen LogP contribution < -0.4 is 5.32 Å². The van der Waals surface area contributed by atoms with Gasteiger partial charge in [0.1, 0.15) is 17.6 Å². The fourth-order valence-corrected chi connectivity index (χ4v) is 2.04. The first-order valence-corrected chi connectivity index (χ1v) is 7.07. The van der Waals surface area contributed by atoms with Crippen LogP contribution in [0.15, 0.2) is 18.2 Å². The number of phenolic OH excluding ortho intramolecular Hbond substituents is 2. The lowest BCUT2D eigenvalue weighted by atomic mass is 10.1. The van der Waals surface area contributed by atoms with Gasteiger partial charge in [0, 0.05) is 12.6 Å².